The summed E-state index contributed by atoms with van der Waals surface area (Å²) in [6.07, 6.45) is 0. The third kappa shape index (κ3) is 6.86. The summed E-state index contributed by atoms with van der Waals surface area (Å²) in [5.41, 5.74) is 16.8. The van der Waals surface area contributed by atoms with Crippen LogP contribution in [0.2, 0.25) is 0 Å². The molecule has 2 heterocycles. The first-order chi connectivity index (χ1) is 33.7. The molecule has 0 radical (unpaired) electrons. The molecule has 13 aromatic rings. The molecule has 0 unspecified atom stereocenters. The van der Waals surface area contributed by atoms with Gasteiger partial charge in [-0.1, -0.05) is 164 Å². The Hall–Kier alpha value is -9.12. The Kier molecular flexibility index (Phi) is 9.47. The third-order valence-corrected chi connectivity index (χ3v) is 13.3. The lowest BCUT2D eigenvalue weighted by Gasteiger charge is -2.28. The normalized spacial score (nSPS) is 11.5. The van der Waals surface area contributed by atoms with Crippen molar-refractivity contribution in [2.24, 2.45) is 0 Å². The van der Waals surface area contributed by atoms with Gasteiger partial charge in [-0.05, 0) is 118 Å². The Morgan fingerprint density at radius 2 is 0.588 bits per heavy atom. The van der Waals surface area contributed by atoms with Gasteiger partial charge in [0, 0.05) is 67.5 Å². The van der Waals surface area contributed by atoms with E-state index in [2.05, 4.69) is 240 Å². The van der Waals surface area contributed by atoms with Crippen molar-refractivity contribution in [1.82, 2.24) is 0 Å². The topological polar surface area (TPSA) is 32.8 Å². The number of para-hydroxylation sites is 2. The van der Waals surface area contributed by atoms with Gasteiger partial charge in [-0.2, -0.15) is 0 Å². The maximum atomic E-state index is 6.42. The number of anilines is 6. The molecule has 0 N–H and O–H groups in total. The van der Waals surface area contributed by atoms with Gasteiger partial charge in [0.25, 0.3) is 0 Å². The van der Waals surface area contributed by atoms with E-state index in [9.17, 15) is 0 Å². The van der Waals surface area contributed by atoms with Gasteiger partial charge in [0.15, 0.2) is 0 Å². The van der Waals surface area contributed by atoms with Gasteiger partial charge in [-0.25, -0.2) is 0 Å². The van der Waals surface area contributed by atoms with E-state index < -0.39 is 0 Å². The highest BCUT2D eigenvalue weighted by Gasteiger charge is 2.21. The van der Waals surface area contributed by atoms with Crippen molar-refractivity contribution in [1.29, 1.82) is 0 Å². The molecule has 4 heteroatoms. The first kappa shape index (κ1) is 39.3. The van der Waals surface area contributed by atoms with Crippen LogP contribution in [-0.2, 0) is 0 Å². The van der Waals surface area contributed by atoms with Gasteiger partial charge in [0.1, 0.15) is 22.3 Å². The van der Waals surface area contributed by atoms with Crippen molar-refractivity contribution in [2.75, 3.05) is 9.80 Å². The maximum Gasteiger partial charge on any atom is 0.137 e. The quantitative estimate of drug-likeness (QED) is 0.145. The smallest absolute Gasteiger partial charge is 0.137 e. The molecule has 0 fully saturated rings. The summed E-state index contributed by atoms with van der Waals surface area (Å²) in [5.74, 6) is 0. The molecule has 11 aromatic carbocycles. The predicted octanol–water partition coefficient (Wildman–Crippen LogP) is 18.6. The monoisotopic (exact) mass is 870 g/mol. The second-order valence-electron chi connectivity index (χ2n) is 17.3. The molecule has 0 atom stereocenters. The summed E-state index contributed by atoms with van der Waals surface area (Å²) < 4.78 is 12.8. The van der Waals surface area contributed by atoms with Crippen molar-refractivity contribution in [3.05, 3.63) is 255 Å². The SMILES string of the molecule is c1ccc(-c2ccc(N(c3ccc(-c4ccccc4)cc3)c3ccc(-c4ccc(N(c5ccc6c(c5)oc5ccccc56)c5ccc6c(c5)oc5ccccc56)cc4)c4ccccc34)cc2)cc1. The fraction of sp³-hybridized carbons (Fsp3) is 0. The molecule has 68 heavy (non-hydrogen) atoms. The molecule has 0 aliphatic rings. The van der Waals surface area contributed by atoms with Gasteiger partial charge in [-0.3, -0.25) is 0 Å². The van der Waals surface area contributed by atoms with Crippen LogP contribution in [0.5, 0.6) is 0 Å². The maximum absolute atomic E-state index is 6.42. The summed E-state index contributed by atoms with van der Waals surface area (Å²) >= 11 is 0. The van der Waals surface area contributed by atoms with E-state index in [0.29, 0.717) is 0 Å². The lowest BCUT2D eigenvalue weighted by Crippen LogP contribution is -2.10. The molecular formula is C64H42N2O2. The van der Waals surface area contributed by atoms with Gasteiger partial charge >= 0.3 is 0 Å². The number of furan rings is 2. The van der Waals surface area contributed by atoms with Crippen LogP contribution in [0, 0.1) is 0 Å². The van der Waals surface area contributed by atoms with Crippen molar-refractivity contribution in [2.45, 2.75) is 0 Å². The lowest BCUT2D eigenvalue weighted by molar-refractivity contribution is 0.669. The Morgan fingerprint density at radius 3 is 1.09 bits per heavy atom. The molecule has 2 aromatic heterocycles. The van der Waals surface area contributed by atoms with Gasteiger partial charge in [0.05, 0.1) is 5.69 Å². The second kappa shape index (κ2) is 16.4. The fourth-order valence-corrected chi connectivity index (χ4v) is 9.97. The van der Waals surface area contributed by atoms with Gasteiger partial charge < -0.3 is 18.6 Å². The minimum Gasteiger partial charge on any atom is -0.456 e. The minimum absolute atomic E-state index is 0.843. The zero-order valence-corrected chi connectivity index (χ0v) is 37.0. The molecule has 0 saturated carbocycles. The van der Waals surface area contributed by atoms with Crippen LogP contribution in [0.4, 0.5) is 34.1 Å². The van der Waals surface area contributed by atoms with Crippen LogP contribution < -0.4 is 9.80 Å². The van der Waals surface area contributed by atoms with E-state index in [0.717, 1.165) is 94.5 Å². The average molecular weight is 871 g/mol. The highest BCUT2D eigenvalue weighted by molar-refractivity contribution is 6.09. The molecule has 0 spiro atoms. The van der Waals surface area contributed by atoms with E-state index in [4.69, 9.17) is 8.83 Å². The van der Waals surface area contributed by atoms with E-state index in [1.165, 1.54) is 27.6 Å². The molecular weight excluding hydrogens is 829 g/mol. The summed E-state index contributed by atoms with van der Waals surface area (Å²) in [6, 6.07) is 90.7. The zero-order chi connectivity index (χ0) is 45.0. The Bertz CT molecular complexity index is 3750. The second-order valence-corrected chi connectivity index (χ2v) is 17.3. The van der Waals surface area contributed by atoms with Crippen LogP contribution in [0.3, 0.4) is 0 Å². The number of fused-ring (bicyclic) bond motifs is 7. The highest BCUT2D eigenvalue weighted by Crippen LogP contribution is 2.45. The van der Waals surface area contributed by atoms with Crippen molar-refractivity contribution in [3.63, 3.8) is 0 Å². The zero-order valence-electron chi connectivity index (χ0n) is 37.0. The lowest BCUT2D eigenvalue weighted by atomic mass is 9.95. The summed E-state index contributed by atoms with van der Waals surface area (Å²) in [5, 5.41) is 6.73. The fourth-order valence-electron chi connectivity index (χ4n) is 9.97. The Morgan fingerprint density at radius 1 is 0.221 bits per heavy atom. The van der Waals surface area contributed by atoms with Gasteiger partial charge in [-0.15, -0.1) is 0 Å². The summed E-state index contributed by atoms with van der Waals surface area (Å²) in [4.78, 5) is 4.67. The molecule has 0 saturated heterocycles. The first-order valence-electron chi connectivity index (χ1n) is 23.1. The number of hydrogen-bond donors (Lipinski definition) is 0. The number of nitrogens with zero attached hydrogens (tertiary/aromatic N) is 2. The number of hydrogen-bond acceptors (Lipinski definition) is 4. The first-order valence-corrected chi connectivity index (χ1v) is 23.1. The van der Waals surface area contributed by atoms with Crippen LogP contribution >= 0.6 is 0 Å². The standard InChI is InChI=1S/C64H42N2O2/c1-3-13-43(14-4-1)45-23-29-49(30-24-45)66(50-31-25-46(26-32-50)44-15-5-2-6-16-44)60-40-39-53(54-17-7-8-18-55(54)60)47-27-33-48(34-28-47)65(51-35-37-58-56-19-9-11-21-61(56)67-63(58)41-51)52-36-38-59-57-20-10-12-22-62(57)68-64(59)42-52/h1-42H. The Balaban J connectivity index is 0.911. The van der Waals surface area contributed by atoms with Crippen LogP contribution in [0.1, 0.15) is 0 Å². The highest BCUT2D eigenvalue weighted by atomic mass is 16.3. The molecule has 13 rings (SSSR count). The van der Waals surface area contributed by atoms with E-state index in [1.807, 2.05) is 24.3 Å². The van der Waals surface area contributed by atoms with E-state index >= 15 is 0 Å². The molecule has 4 nitrogen and oxygen atoms in total. The average Bonchev–Trinajstić information content (AvgIpc) is 3.98. The molecule has 0 bridgehead atoms. The largest absolute Gasteiger partial charge is 0.456 e. The molecule has 0 aliphatic heterocycles. The molecule has 0 amide bonds. The minimum atomic E-state index is 0.843. The predicted molar refractivity (Wildman–Crippen MR) is 284 cm³/mol. The van der Waals surface area contributed by atoms with Crippen molar-refractivity contribution >= 4 is 88.8 Å². The summed E-state index contributed by atoms with van der Waals surface area (Å²) in [6.45, 7) is 0. The van der Waals surface area contributed by atoms with Gasteiger partial charge in [0.2, 0.25) is 0 Å². The molecule has 320 valence electrons. The van der Waals surface area contributed by atoms with E-state index in [-0.39, 0.29) is 0 Å². The number of rotatable bonds is 9. The van der Waals surface area contributed by atoms with Crippen LogP contribution in [-0.4, -0.2) is 0 Å². The summed E-state index contributed by atoms with van der Waals surface area (Å²) in [7, 11) is 0. The van der Waals surface area contributed by atoms with Crippen molar-refractivity contribution < 1.29 is 8.83 Å². The molecule has 0 aliphatic carbocycles. The van der Waals surface area contributed by atoms with Crippen LogP contribution in [0.15, 0.2) is 264 Å². The third-order valence-electron chi connectivity index (χ3n) is 13.3. The van der Waals surface area contributed by atoms with Crippen molar-refractivity contribution in [3.8, 4) is 33.4 Å². The number of benzene rings is 11. The Labute approximate surface area is 393 Å². The van der Waals surface area contributed by atoms with E-state index in [1.54, 1.807) is 0 Å². The van der Waals surface area contributed by atoms with Crippen LogP contribution in [0.25, 0.3) is 88.0 Å².